The molecule has 2 rings (SSSR count). The number of aromatic nitrogens is 1. The summed E-state index contributed by atoms with van der Waals surface area (Å²) < 4.78 is 0.945. The molecule has 1 N–H and O–H groups in total. The molecular weight excluding hydrogens is 277 g/mol. The number of rotatable bonds is 2. The van der Waals surface area contributed by atoms with Gasteiger partial charge in [-0.3, -0.25) is 0 Å². The zero-order valence-corrected chi connectivity index (χ0v) is 10.8. The largest absolute Gasteiger partial charge is 0.378 e. The summed E-state index contributed by atoms with van der Waals surface area (Å²) in [7, 11) is 2.13. The first-order valence-corrected chi connectivity index (χ1v) is 6.08. The Hall–Kier alpha value is -0.320. The first-order chi connectivity index (χ1) is 7.15. The molecule has 0 radical (unpaired) electrons. The molecule has 0 bridgehead atoms. The van der Waals surface area contributed by atoms with Crippen LogP contribution in [0.15, 0.2) is 16.7 Å². The van der Waals surface area contributed by atoms with E-state index >= 15 is 0 Å². The zero-order chi connectivity index (χ0) is 10.8. The van der Waals surface area contributed by atoms with Gasteiger partial charge >= 0.3 is 0 Å². The number of nitrogens with one attached hydrogen (secondary N) is 1. The van der Waals surface area contributed by atoms with Crippen LogP contribution in [-0.4, -0.2) is 36.1 Å². The van der Waals surface area contributed by atoms with Gasteiger partial charge in [0.2, 0.25) is 0 Å². The molecule has 1 aromatic rings. The number of likely N-dealkylation sites (tertiary alicyclic amines) is 1. The predicted octanol–water partition coefficient (Wildman–Crippen LogP) is 2.61. The standard InChI is InChI=1S/C10H13BrClN3/c1-15-3-2-8(6-15)14-9-4-7(11)5-13-10(9)12/h4-5,8,14H,2-3,6H2,1H3. The third-order valence-corrected chi connectivity index (χ3v) is 3.29. The van der Waals surface area contributed by atoms with Crippen molar-refractivity contribution in [3.63, 3.8) is 0 Å². The Morgan fingerprint density at radius 3 is 3.13 bits per heavy atom. The topological polar surface area (TPSA) is 28.2 Å². The first-order valence-electron chi connectivity index (χ1n) is 4.91. The Morgan fingerprint density at radius 2 is 2.47 bits per heavy atom. The number of hydrogen-bond donors (Lipinski definition) is 1. The van der Waals surface area contributed by atoms with Crippen LogP contribution in [0.3, 0.4) is 0 Å². The summed E-state index contributed by atoms with van der Waals surface area (Å²) in [4.78, 5) is 6.38. The number of pyridine rings is 1. The molecule has 0 aliphatic carbocycles. The second-order valence-corrected chi connectivity index (χ2v) is 5.16. The average molecular weight is 291 g/mol. The highest BCUT2D eigenvalue weighted by molar-refractivity contribution is 9.10. The molecule has 0 amide bonds. The van der Waals surface area contributed by atoms with E-state index in [0.29, 0.717) is 11.2 Å². The van der Waals surface area contributed by atoms with Crippen LogP contribution in [-0.2, 0) is 0 Å². The van der Waals surface area contributed by atoms with Crippen LogP contribution in [0.1, 0.15) is 6.42 Å². The fourth-order valence-electron chi connectivity index (χ4n) is 1.80. The van der Waals surface area contributed by atoms with Crippen molar-refractivity contribution in [1.82, 2.24) is 9.88 Å². The van der Waals surface area contributed by atoms with Crippen molar-refractivity contribution in [3.05, 3.63) is 21.9 Å². The average Bonchev–Trinajstić information content (AvgIpc) is 2.58. The van der Waals surface area contributed by atoms with Gasteiger partial charge in [-0.2, -0.15) is 0 Å². The van der Waals surface area contributed by atoms with E-state index in [4.69, 9.17) is 11.6 Å². The summed E-state index contributed by atoms with van der Waals surface area (Å²) in [6, 6.07) is 2.44. The van der Waals surface area contributed by atoms with Crippen molar-refractivity contribution in [3.8, 4) is 0 Å². The van der Waals surface area contributed by atoms with Crippen LogP contribution >= 0.6 is 27.5 Å². The highest BCUT2D eigenvalue weighted by atomic mass is 79.9. The minimum absolute atomic E-state index is 0.476. The minimum atomic E-state index is 0.476. The van der Waals surface area contributed by atoms with Gasteiger partial charge in [-0.15, -0.1) is 0 Å². The van der Waals surface area contributed by atoms with Crippen molar-refractivity contribution < 1.29 is 0 Å². The highest BCUT2D eigenvalue weighted by Gasteiger charge is 2.19. The van der Waals surface area contributed by atoms with Gasteiger partial charge in [-0.05, 0) is 42.0 Å². The second-order valence-electron chi connectivity index (χ2n) is 3.88. The Balaban J connectivity index is 2.07. The molecule has 0 spiro atoms. The van der Waals surface area contributed by atoms with Crippen LogP contribution in [0, 0.1) is 0 Å². The van der Waals surface area contributed by atoms with Crippen LogP contribution in [0.5, 0.6) is 0 Å². The van der Waals surface area contributed by atoms with E-state index in [-0.39, 0.29) is 0 Å². The summed E-state index contributed by atoms with van der Waals surface area (Å²) in [5.74, 6) is 0. The molecule has 1 aliphatic heterocycles. The zero-order valence-electron chi connectivity index (χ0n) is 8.50. The quantitative estimate of drug-likeness (QED) is 0.849. The third kappa shape index (κ3) is 2.83. The maximum absolute atomic E-state index is 6.00. The van der Waals surface area contributed by atoms with Crippen LogP contribution in [0.25, 0.3) is 0 Å². The molecular formula is C10H13BrClN3. The molecule has 0 aromatic carbocycles. The summed E-state index contributed by atoms with van der Waals surface area (Å²) in [6.45, 7) is 2.19. The number of anilines is 1. The van der Waals surface area contributed by atoms with Crippen molar-refractivity contribution >= 4 is 33.2 Å². The van der Waals surface area contributed by atoms with Gasteiger partial charge in [0.25, 0.3) is 0 Å². The summed E-state index contributed by atoms with van der Waals surface area (Å²) in [5, 5.41) is 3.95. The van der Waals surface area contributed by atoms with Crippen molar-refractivity contribution in [2.45, 2.75) is 12.5 Å². The van der Waals surface area contributed by atoms with Crippen molar-refractivity contribution in [1.29, 1.82) is 0 Å². The van der Waals surface area contributed by atoms with Crippen LogP contribution in [0.2, 0.25) is 5.15 Å². The molecule has 1 saturated heterocycles. The SMILES string of the molecule is CN1CCC(Nc2cc(Br)cnc2Cl)C1. The Labute approximate surface area is 103 Å². The van der Waals surface area contributed by atoms with E-state index < -0.39 is 0 Å². The molecule has 1 atom stereocenters. The Kier molecular flexibility index (Phi) is 3.49. The molecule has 1 unspecified atom stereocenters. The maximum Gasteiger partial charge on any atom is 0.152 e. The van der Waals surface area contributed by atoms with Gasteiger partial charge in [-0.1, -0.05) is 11.6 Å². The summed E-state index contributed by atoms with van der Waals surface area (Å²) in [5.41, 5.74) is 0.909. The molecule has 82 valence electrons. The molecule has 0 saturated carbocycles. The van der Waals surface area contributed by atoms with Gasteiger partial charge < -0.3 is 10.2 Å². The minimum Gasteiger partial charge on any atom is -0.378 e. The maximum atomic E-state index is 6.00. The van der Waals surface area contributed by atoms with Crippen molar-refractivity contribution in [2.75, 3.05) is 25.5 Å². The molecule has 2 heterocycles. The Bertz CT molecular complexity index is 359. The summed E-state index contributed by atoms with van der Waals surface area (Å²) in [6.07, 6.45) is 2.85. The number of halogens is 2. The van der Waals surface area contributed by atoms with E-state index in [9.17, 15) is 0 Å². The fraction of sp³-hybridized carbons (Fsp3) is 0.500. The van der Waals surface area contributed by atoms with E-state index in [1.54, 1.807) is 6.20 Å². The van der Waals surface area contributed by atoms with E-state index in [0.717, 1.165) is 29.7 Å². The molecule has 3 nitrogen and oxygen atoms in total. The second kappa shape index (κ2) is 4.68. The summed E-state index contributed by atoms with van der Waals surface area (Å²) >= 11 is 9.39. The lowest BCUT2D eigenvalue weighted by molar-refractivity contribution is 0.414. The molecule has 1 aromatic heterocycles. The third-order valence-electron chi connectivity index (χ3n) is 2.56. The van der Waals surface area contributed by atoms with Gasteiger partial charge in [0.15, 0.2) is 5.15 Å². The first kappa shape index (κ1) is 11.2. The molecule has 1 fully saturated rings. The normalized spacial score (nSPS) is 21.9. The van der Waals surface area contributed by atoms with Gasteiger partial charge in [0.05, 0.1) is 5.69 Å². The lowest BCUT2D eigenvalue weighted by atomic mass is 10.2. The molecule has 15 heavy (non-hydrogen) atoms. The van der Waals surface area contributed by atoms with Gasteiger partial charge in [0.1, 0.15) is 0 Å². The lowest BCUT2D eigenvalue weighted by Crippen LogP contribution is -2.23. The molecule has 5 heteroatoms. The Morgan fingerprint density at radius 1 is 1.67 bits per heavy atom. The number of likely N-dealkylation sites (N-methyl/N-ethyl adjacent to an activating group) is 1. The lowest BCUT2D eigenvalue weighted by Gasteiger charge is -2.15. The van der Waals surface area contributed by atoms with Crippen molar-refractivity contribution in [2.24, 2.45) is 0 Å². The van der Waals surface area contributed by atoms with E-state index in [2.05, 4.69) is 38.2 Å². The van der Waals surface area contributed by atoms with E-state index in [1.807, 2.05) is 6.07 Å². The smallest absolute Gasteiger partial charge is 0.152 e. The number of nitrogens with zero attached hydrogens (tertiary/aromatic N) is 2. The van der Waals surface area contributed by atoms with Crippen LogP contribution < -0.4 is 5.32 Å². The van der Waals surface area contributed by atoms with E-state index in [1.165, 1.54) is 0 Å². The fourth-order valence-corrected chi connectivity index (χ4v) is 2.29. The van der Waals surface area contributed by atoms with Crippen LogP contribution in [0.4, 0.5) is 5.69 Å². The van der Waals surface area contributed by atoms with Gasteiger partial charge in [-0.25, -0.2) is 4.98 Å². The van der Waals surface area contributed by atoms with Gasteiger partial charge in [0, 0.05) is 23.3 Å². The highest BCUT2D eigenvalue weighted by Crippen LogP contribution is 2.25. The number of hydrogen-bond acceptors (Lipinski definition) is 3. The predicted molar refractivity (Wildman–Crippen MR) is 66.5 cm³/mol. The monoisotopic (exact) mass is 289 g/mol. The molecule has 1 aliphatic rings.